The molecule has 2 aliphatic rings. The van der Waals surface area contributed by atoms with E-state index in [4.69, 9.17) is 0 Å². The highest BCUT2D eigenvalue weighted by Gasteiger charge is 2.51. The van der Waals surface area contributed by atoms with Crippen LogP contribution in [0.1, 0.15) is 30.9 Å². The zero-order valence-corrected chi connectivity index (χ0v) is 10.4. The van der Waals surface area contributed by atoms with Crippen molar-refractivity contribution in [1.29, 1.82) is 0 Å². The summed E-state index contributed by atoms with van der Waals surface area (Å²) in [6, 6.07) is 9.39. The molecule has 0 aliphatic heterocycles. The Hall–Kier alpha value is -1.35. The third-order valence-corrected chi connectivity index (χ3v) is 4.11. The zero-order chi connectivity index (χ0) is 12.5. The van der Waals surface area contributed by atoms with E-state index < -0.39 is 0 Å². The first-order valence-corrected chi connectivity index (χ1v) is 6.75. The van der Waals surface area contributed by atoms with Crippen molar-refractivity contribution in [3.05, 3.63) is 35.9 Å². The molecule has 0 heterocycles. The van der Waals surface area contributed by atoms with Crippen LogP contribution in [0.5, 0.6) is 0 Å². The lowest BCUT2D eigenvalue weighted by Crippen LogP contribution is -2.32. The Morgan fingerprint density at radius 2 is 2.06 bits per heavy atom. The number of hydrogen-bond donors (Lipinski definition) is 2. The summed E-state index contributed by atoms with van der Waals surface area (Å²) >= 11 is 0. The fraction of sp³-hybridized carbons (Fsp3) is 0.533. The average Bonchev–Trinajstić information content (AvgIpc) is 3.28. The number of carbonyl (C=O) groups excluding carboxylic acids is 1. The van der Waals surface area contributed by atoms with E-state index >= 15 is 0 Å². The van der Waals surface area contributed by atoms with Crippen LogP contribution in [0.2, 0.25) is 0 Å². The molecule has 0 radical (unpaired) electrons. The summed E-state index contributed by atoms with van der Waals surface area (Å²) in [5.41, 5.74) is 0.969. The lowest BCUT2D eigenvalue weighted by molar-refractivity contribution is -0.123. The standard InChI is InChI=1S/C15H19NO2/c17-9-14(11-4-2-1-3-5-11)16-15(18)13-8-12(13)10-6-7-10/h1-5,10,12-14,17H,6-9H2,(H,16,18). The summed E-state index contributed by atoms with van der Waals surface area (Å²) in [6.07, 6.45) is 3.65. The van der Waals surface area contributed by atoms with Crippen molar-refractivity contribution in [2.75, 3.05) is 6.61 Å². The van der Waals surface area contributed by atoms with Crippen molar-refractivity contribution in [2.45, 2.75) is 25.3 Å². The minimum Gasteiger partial charge on any atom is -0.394 e. The van der Waals surface area contributed by atoms with Crippen molar-refractivity contribution < 1.29 is 9.90 Å². The van der Waals surface area contributed by atoms with Gasteiger partial charge in [0.05, 0.1) is 12.6 Å². The number of amides is 1. The molecular formula is C15H19NO2. The van der Waals surface area contributed by atoms with Gasteiger partial charge < -0.3 is 10.4 Å². The van der Waals surface area contributed by atoms with Gasteiger partial charge in [-0.05, 0) is 36.7 Å². The molecule has 96 valence electrons. The summed E-state index contributed by atoms with van der Waals surface area (Å²) < 4.78 is 0. The molecule has 2 saturated carbocycles. The summed E-state index contributed by atoms with van der Waals surface area (Å²) in [5.74, 6) is 1.76. The molecule has 1 amide bonds. The largest absolute Gasteiger partial charge is 0.394 e. The first-order chi connectivity index (χ1) is 8.79. The Bertz CT molecular complexity index is 427. The first kappa shape index (κ1) is 11.7. The van der Waals surface area contributed by atoms with Crippen molar-refractivity contribution >= 4 is 5.91 Å². The molecule has 1 aromatic rings. The SMILES string of the molecule is O=C(NC(CO)c1ccccc1)C1CC1C1CC1. The van der Waals surface area contributed by atoms with Gasteiger partial charge in [-0.2, -0.15) is 0 Å². The Balaban J connectivity index is 1.59. The second-order valence-corrected chi connectivity index (χ2v) is 5.50. The van der Waals surface area contributed by atoms with E-state index in [1.54, 1.807) is 0 Å². The molecule has 18 heavy (non-hydrogen) atoms. The van der Waals surface area contributed by atoms with Crippen molar-refractivity contribution in [3.8, 4) is 0 Å². The van der Waals surface area contributed by atoms with E-state index in [0.29, 0.717) is 5.92 Å². The van der Waals surface area contributed by atoms with Gasteiger partial charge in [0.25, 0.3) is 0 Å². The lowest BCUT2D eigenvalue weighted by Gasteiger charge is -2.16. The molecule has 2 fully saturated rings. The van der Waals surface area contributed by atoms with E-state index in [0.717, 1.165) is 17.9 Å². The number of hydrogen-bond acceptors (Lipinski definition) is 2. The molecule has 1 aromatic carbocycles. The minimum absolute atomic E-state index is 0.0451. The summed E-state index contributed by atoms with van der Waals surface area (Å²) in [5, 5.41) is 12.4. The lowest BCUT2D eigenvalue weighted by atomic mass is 10.1. The Morgan fingerprint density at radius 1 is 1.33 bits per heavy atom. The van der Waals surface area contributed by atoms with Gasteiger partial charge in [0.15, 0.2) is 0 Å². The molecule has 0 saturated heterocycles. The second-order valence-electron chi connectivity index (χ2n) is 5.50. The van der Waals surface area contributed by atoms with Gasteiger partial charge >= 0.3 is 0 Å². The Kier molecular flexibility index (Phi) is 3.08. The zero-order valence-electron chi connectivity index (χ0n) is 10.4. The van der Waals surface area contributed by atoms with Crippen LogP contribution in [-0.2, 0) is 4.79 Å². The molecule has 3 rings (SSSR count). The van der Waals surface area contributed by atoms with Gasteiger partial charge in [-0.3, -0.25) is 4.79 Å². The molecule has 3 nitrogen and oxygen atoms in total. The van der Waals surface area contributed by atoms with E-state index in [9.17, 15) is 9.90 Å². The molecule has 3 atom stereocenters. The van der Waals surface area contributed by atoms with E-state index in [2.05, 4.69) is 5.32 Å². The van der Waals surface area contributed by atoms with Crippen LogP contribution in [0.3, 0.4) is 0 Å². The van der Waals surface area contributed by atoms with Crippen LogP contribution in [0.4, 0.5) is 0 Å². The van der Waals surface area contributed by atoms with Gasteiger partial charge in [0.2, 0.25) is 5.91 Å². The first-order valence-electron chi connectivity index (χ1n) is 6.75. The topological polar surface area (TPSA) is 49.3 Å². The summed E-state index contributed by atoms with van der Waals surface area (Å²) in [7, 11) is 0. The van der Waals surface area contributed by atoms with Crippen LogP contribution in [0.25, 0.3) is 0 Å². The number of rotatable bonds is 5. The fourth-order valence-corrected chi connectivity index (χ4v) is 2.76. The number of benzene rings is 1. The number of nitrogens with one attached hydrogen (secondary N) is 1. The monoisotopic (exact) mass is 245 g/mol. The molecule has 0 aromatic heterocycles. The minimum atomic E-state index is -0.265. The highest BCUT2D eigenvalue weighted by Crippen LogP contribution is 2.54. The van der Waals surface area contributed by atoms with Crippen molar-refractivity contribution in [1.82, 2.24) is 5.32 Å². The maximum Gasteiger partial charge on any atom is 0.223 e. The van der Waals surface area contributed by atoms with E-state index in [-0.39, 0.29) is 24.5 Å². The maximum atomic E-state index is 12.1. The quantitative estimate of drug-likeness (QED) is 0.832. The predicted molar refractivity (Wildman–Crippen MR) is 68.7 cm³/mol. The van der Waals surface area contributed by atoms with E-state index in [1.165, 1.54) is 12.8 Å². The molecule has 2 aliphatic carbocycles. The van der Waals surface area contributed by atoms with Crippen LogP contribution >= 0.6 is 0 Å². The maximum absolute atomic E-state index is 12.1. The molecule has 2 N–H and O–H groups in total. The van der Waals surface area contributed by atoms with Crippen LogP contribution in [-0.4, -0.2) is 17.6 Å². The highest BCUT2D eigenvalue weighted by atomic mass is 16.3. The van der Waals surface area contributed by atoms with Crippen molar-refractivity contribution in [2.24, 2.45) is 17.8 Å². The Morgan fingerprint density at radius 3 is 2.67 bits per heavy atom. The summed E-state index contributed by atoms with van der Waals surface area (Å²) in [4.78, 5) is 12.1. The van der Waals surface area contributed by atoms with Crippen molar-refractivity contribution in [3.63, 3.8) is 0 Å². The van der Waals surface area contributed by atoms with Gasteiger partial charge in [0, 0.05) is 5.92 Å². The second kappa shape index (κ2) is 4.73. The van der Waals surface area contributed by atoms with Gasteiger partial charge in [-0.15, -0.1) is 0 Å². The number of aliphatic hydroxyl groups excluding tert-OH is 1. The van der Waals surface area contributed by atoms with Gasteiger partial charge in [-0.25, -0.2) is 0 Å². The van der Waals surface area contributed by atoms with Crippen LogP contribution in [0.15, 0.2) is 30.3 Å². The summed E-state index contributed by atoms with van der Waals surface area (Å²) in [6.45, 7) is -0.0451. The Labute approximate surface area is 107 Å². The average molecular weight is 245 g/mol. The smallest absolute Gasteiger partial charge is 0.223 e. The highest BCUT2D eigenvalue weighted by molar-refractivity contribution is 5.82. The fourth-order valence-electron chi connectivity index (χ4n) is 2.76. The van der Waals surface area contributed by atoms with Gasteiger partial charge in [-0.1, -0.05) is 30.3 Å². The van der Waals surface area contributed by atoms with Gasteiger partial charge in [0.1, 0.15) is 0 Å². The molecule has 0 bridgehead atoms. The predicted octanol–water partition coefficient (Wildman–Crippen LogP) is 1.88. The number of aliphatic hydroxyl groups is 1. The third kappa shape index (κ3) is 2.41. The van der Waals surface area contributed by atoms with Crippen LogP contribution < -0.4 is 5.32 Å². The van der Waals surface area contributed by atoms with E-state index in [1.807, 2.05) is 30.3 Å². The van der Waals surface area contributed by atoms with Crippen LogP contribution in [0, 0.1) is 17.8 Å². The molecule has 3 heteroatoms. The number of carbonyl (C=O) groups is 1. The molecular weight excluding hydrogens is 226 g/mol. The third-order valence-electron chi connectivity index (χ3n) is 4.11. The molecule has 0 spiro atoms. The normalized spacial score (nSPS) is 27.6. The molecule has 3 unspecified atom stereocenters.